The van der Waals surface area contributed by atoms with Crippen LogP contribution < -0.4 is 10.6 Å². The molecule has 1 aromatic heterocycles. The molecule has 2 saturated heterocycles. The van der Waals surface area contributed by atoms with Crippen molar-refractivity contribution in [1.82, 2.24) is 20.2 Å². The van der Waals surface area contributed by atoms with Gasteiger partial charge in [0.25, 0.3) is 0 Å². The summed E-state index contributed by atoms with van der Waals surface area (Å²) in [5.74, 6) is 1.02. The van der Waals surface area contributed by atoms with Crippen LogP contribution in [0.5, 0.6) is 0 Å². The van der Waals surface area contributed by atoms with Crippen LogP contribution in [-0.4, -0.2) is 66.3 Å². The van der Waals surface area contributed by atoms with Gasteiger partial charge in [0.15, 0.2) is 0 Å². The van der Waals surface area contributed by atoms with E-state index in [0.29, 0.717) is 12.1 Å². The molecule has 0 radical (unpaired) electrons. The first kappa shape index (κ1) is 20.6. The highest BCUT2D eigenvalue weighted by Crippen LogP contribution is 2.24. The molecule has 0 saturated carbocycles. The maximum absolute atomic E-state index is 5.80. The molecule has 6 nitrogen and oxygen atoms in total. The lowest BCUT2D eigenvalue weighted by Gasteiger charge is -2.35. The van der Waals surface area contributed by atoms with Crippen LogP contribution in [0.4, 0.5) is 5.82 Å². The molecule has 0 aromatic carbocycles. The zero-order chi connectivity index (χ0) is 15.5. The van der Waals surface area contributed by atoms with Crippen LogP contribution >= 0.6 is 24.8 Å². The number of fused-ring (bicyclic) bond motifs is 1. The first-order valence-corrected chi connectivity index (χ1v) is 9.03. The van der Waals surface area contributed by atoms with Crippen molar-refractivity contribution in [3.05, 3.63) is 17.6 Å². The highest BCUT2D eigenvalue weighted by Gasteiger charge is 2.34. The van der Waals surface area contributed by atoms with E-state index in [9.17, 15) is 0 Å². The smallest absolute Gasteiger partial charge is 0.133 e. The molecule has 2 fully saturated rings. The predicted octanol–water partition coefficient (Wildman–Crippen LogP) is 1.67. The highest BCUT2D eigenvalue weighted by molar-refractivity contribution is 5.85. The third kappa shape index (κ3) is 4.74. The topological polar surface area (TPSA) is 62.3 Å². The SMILES string of the molecule is Cl.Cl.c1nc2c(c(N[C@H]3COC[C@@H]3N3CCCCC3)n1)CCNCC2. The molecule has 0 aliphatic carbocycles. The van der Waals surface area contributed by atoms with Crippen molar-refractivity contribution in [2.24, 2.45) is 0 Å². The second-order valence-electron chi connectivity index (χ2n) is 6.85. The van der Waals surface area contributed by atoms with E-state index in [0.717, 1.165) is 45.0 Å². The van der Waals surface area contributed by atoms with Crippen LogP contribution in [0.3, 0.4) is 0 Å². The van der Waals surface area contributed by atoms with Crippen molar-refractivity contribution in [3.63, 3.8) is 0 Å². The molecule has 2 atom stereocenters. The van der Waals surface area contributed by atoms with Crippen LogP contribution in [0.2, 0.25) is 0 Å². The largest absolute Gasteiger partial charge is 0.378 e. The molecule has 1 aromatic rings. The maximum Gasteiger partial charge on any atom is 0.133 e. The van der Waals surface area contributed by atoms with Crippen molar-refractivity contribution < 1.29 is 4.74 Å². The summed E-state index contributed by atoms with van der Waals surface area (Å²) in [6.07, 6.45) is 7.70. The molecular formula is C17H29Cl2N5O. The van der Waals surface area contributed by atoms with Crippen molar-refractivity contribution >= 4 is 30.6 Å². The third-order valence-corrected chi connectivity index (χ3v) is 5.36. The minimum atomic E-state index is 0. The van der Waals surface area contributed by atoms with Crippen molar-refractivity contribution in [3.8, 4) is 0 Å². The fourth-order valence-electron chi connectivity index (χ4n) is 4.06. The summed E-state index contributed by atoms with van der Waals surface area (Å²) in [5.41, 5.74) is 2.49. The van der Waals surface area contributed by atoms with Crippen LogP contribution in [-0.2, 0) is 17.6 Å². The molecule has 3 aliphatic rings. The van der Waals surface area contributed by atoms with Gasteiger partial charge in [-0.1, -0.05) is 6.42 Å². The van der Waals surface area contributed by atoms with Crippen LogP contribution in [0.15, 0.2) is 6.33 Å². The van der Waals surface area contributed by atoms with E-state index in [1.165, 1.54) is 43.6 Å². The van der Waals surface area contributed by atoms with E-state index in [1.807, 2.05) is 0 Å². The van der Waals surface area contributed by atoms with Gasteiger partial charge in [0.2, 0.25) is 0 Å². The Balaban J connectivity index is 0.00000113. The summed E-state index contributed by atoms with van der Waals surface area (Å²) < 4.78 is 5.80. The molecule has 142 valence electrons. The molecule has 4 rings (SSSR count). The Hall–Kier alpha value is -0.660. The summed E-state index contributed by atoms with van der Waals surface area (Å²) >= 11 is 0. The van der Waals surface area contributed by atoms with Gasteiger partial charge in [0.1, 0.15) is 12.1 Å². The van der Waals surface area contributed by atoms with Crippen LogP contribution in [0.1, 0.15) is 30.5 Å². The number of halogens is 2. The summed E-state index contributed by atoms with van der Waals surface area (Å²) in [5, 5.41) is 7.15. The number of likely N-dealkylation sites (tertiary alicyclic amines) is 1. The van der Waals surface area contributed by atoms with E-state index < -0.39 is 0 Å². The Labute approximate surface area is 162 Å². The number of ether oxygens (including phenoxy) is 1. The molecule has 0 spiro atoms. The average Bonchev–Trinajstić information content (AvgIpc) is 2.91. The number of hydrogen-bond acceptors (Lipinski definition) is 6. The standard InChI is InChI=1S/C17H27N5O.2ClH/c1-2-8-22(9-3-1)16-11-23-10-15(16)21-17-13-4-6-18-7-5-14(13)19-12-20-17;;/h12,15-16,18H,1-11H2,(H,19,20,21);2*1H/t15-,16-;;/m0../s1. The second-order valence-corrected chi connectivity index (χ2v) is 6.85. The number of anilines is 1. The third-order valence-electron chi connectivity index (χ3n) is 5.36. The Bertz CT molecular complexity index is 542. The van der Waals surface area contributed by atoms with E-state index >= 15 is 0 Å². The number of rotatable bonds is 3. The molecule has 25 heavy (non-hydrogen) atoms. The van der Waals surface area contributed by atoms with Gasteiger partial charge in [-0.25, -0.2) is 9.97 Å². The minimum absolute atomic E-state index is 0. The van der Waals surface area contributed by atoms with Crippen LogP contribution in [0.25, 0.3) is 0 Å². The summed E-state index contributed by atoms with van der Waals surface area (Å²) in [7, 11) is 0. The molecule has 0 bridgehead atoms. The van der Waals surface area contributed by atoms with E-state index in [2.05, 4.69) is 25.5 Å². The fraction of sp³-hybridized carbons (Fsp3) is 0.765. The average molecular weight is 390 g/mol. The van der Waals surface area contributed by atoms with Gasteiger partial charge in [0, 0.05) is 18.5 Å². The number of nitrogens with zero attached hydrogens (tertiary/aromatic N) is 3. The van der Waals surface area contributed by atoms with Gasteiger partial charge in [-0.05, 0) is 38.9 Å². The lowest BCUT2D eigenvalue weighted by Crippen LogP contribution is -2.48. The molecular weight excluding hydrogens is 361 g/mol. The lowest BCUT2D eigenvalue weighted by atomic mass is 10.0. The van der Waals surface area contributed by atoms with E-state index in [1.54, 1.807) is 6.33 Å². The Kier molecular flexibility index (Phi) is 8.16. The Morgan fingerprint density at radius 2 is 1.84 bits per heavy atom. The van der Waals surface area contributed by atoms with Crippen LogP contribution in [0, 0.1) is 0 Å². The molecule has 2 N–H and O–H groups in total. The van der Waals surface area contributed by atoms with Gasteiger partial charge < -0.3 is 15.4 Å². The van der Waals surface area contributed by atoms with Gasteiger partial charge in [-0.2, -0.15) is 0 Å². The number of piperidine rings is 1. The van der Waals surface area contributed by atoms with E-state index in [-0.39, 0.29) is 24.8 Å². The zero-order valence-corrected chi connectivity index (χ0v) is 16.2. The number of hydrogen-bond donors (Lipinski definition) is 2. The normalized spacial score (nSPS) is 26.7. The molecule has 3 aliphatic heterocycles. The Morgan fingerprint density at radius 3 is 2.68 bits per heavy atom. The highest BCUT2D eigenvalue weighted by atomic mass is 35.5. The zero-order valence-electron chi connectivity index (χ0n) is 14.6. The maximum atomic E-state index is 5.80. The first-order valence-electron chi connectivity index (χ1n) is 9.03. The first-order chi connectivity index (χ1) is 11.4. The lowest BCUT2D eigenvalue weighted by molar-refractivity contribution is 0.127. The van der Waals surface area contributed by atoms with Gasteiger partial charge in [-0.3, -0.25) is 4.90 Å². The number of nitrogens with one attached hydrogen (secondary N) is 2. The number of aromatic nitrogens is 2. The van der Waals surface area contributed by atoms with Gasteiger partial charge in [-0.15, -0.1) is 24.8 Å². The molecule has 0 amide bonds. The van der Waals surface area contributed by atoms with Crippen molar-refractivity contribution in [2.75, 3.05) is 44.7 Å². The van der Waals surface area contributed by atoms with Gasteiger partial charge in [0.05, 0.1) is 31.0 Å². The quantitative estimate of drug-likeness (QED) is 0.819. The molecule has 0 unspecified atom stereocenters. The Morgan fingerprint density at radius 1 is 1.04 bits per heavy atom. The molecule has 8 heteroatoms. The minimum Gasteiger partial charge on any atom is -0.378 e. The predicted molar refractivity (Wildman–Crippen MR) is 104 cm³/mol. The summed E-state index contributed by atoms with van der Waals surface area (Å²) in [6, 6.07) is 0.813. The van der Waals surface area contributed by atoms with E-state index in [4.69, 9.17) is 4.74 Å². The molecule has 4 heterocycles. The second kappa shape index (κ2) is 9.88. The van der Waals surface area contributed by atoms with Crippen molar-refractivity contribution in [1.29, 1.82) is 0 Å². The van der Waals surface area contributed by atoms with Crippen molar-refractivity contribution in [2.45, 2.75) is 44.2 Å². The van der Waals surface area contributed by atoms with Gasteiger partial charge >= 0.3 is 0 Å². The monoisotopic (exact) mass is 389 g/mol. The summed E-state index contributed by atoms with van der Waals surface area (Å²) in [4.78, 5) is 11.6. The fourth-order valence-corrected chi connectivity index (χ4v) is 4.06. The summed E-state index contributed by atoms with van der Waals surface area (Å²) in [6.45, 7) is 6.04.